The number of hydrogen-bond donors (Lipinski definition) is 3. The molecule has 1 saturated heterocycles. The zero-order valence-corrected chi connectivity index (χ0v) is 17.4. The Morgan fingerprint density at radius 1 is 1.23 bits per heavy atom. The molecule has 0 spiro atoms. The first-order valence-electron chi connectivity index (χ1n) is 10.1. The third-order valence-corrected chi connectivity index (χ3v) is 5.46. The number of hydrogen-bond acceptors (Lipinski definition) is 7. The van der Waals surface area contributed by atoms with Crippen LogP contribution in [0.4, 0.5) is 21.7 Å². The van der Waals surface area contributed by atoms with Crippen LogP contribution in [0.2, 0.25) is 0 Å². The Kier molecular flexibility index (Phi) is 4.48. The number of anilines is 3. The van der Waals surface area contributed by atoms with Crippen LogP contribution >= 0.6 is 0 Å². The number of nitriles is 1. The van der Waals surface area contributed by atoms with Gasteiger partial charge in [0.25, 0.3) is 0 Å². The summed E-state index contributed by atoms with van der Waals surface area (Å²) in [6.07, 6.45) is 1.75. The van der Waals surface area contributed by atoms with Crippen LogP contribution in [0.15, 0.2) is 24.4 Å². The lowest BCUT2D eigenvalue weighted by molar-refractivity contribution is 0.405. The van der Waals surface area contributed by atoms with Crippen molar-refractivity contribution in [3.05, 3.63) is 35.8 Å². The molecule has 158 valence electrons. The summed E-state index contributed by atoms with van der Waals surface area (Å²) in [5.74, 6) is 0.799. The van der Waals surface area contributed by atoms with Gasteiger partial charge in [0.1, 0.15) is 23.2 Å². The summed E-state index contributed by atoms with van der Waals surface area (Å²) in [4.78, 5) is 6.85. The Hall–Kier alpha value is -3.71. The van der Waals surface area contributed by atoms with Gasteiger partial charge in [-0.05, 0) is 32.0 Å². The van der Waals surface area contributed by atoms with Gasteiger partial charge < -0.3 is 15.5 Å². The van der Waals surface area contributed by atoms with Crippen molar-refractivity contribution in [3.63, 3.8) is 0 Å². The molecule has 0 saturated carbocycles. The summed E-state index contributed by atoms with van der Waals surface area (Å²) in [5, 5.41) is 29.0. The number of pyridine rings is 1. The summed E-state index contributed by atoms with van der Waals surface area (Å²) in [6, 6.07) is 7.86. The second-order valence-electron chi connectivity index (χ2n) is 8.13. The molecule has 0 aliphatic carbocycles. The number of rotatable bonds is 3. The number of nitrogens with one attached hydrogen (secondary N) is 3. The van der Waals surface area contributed by atoms with Gasteiger partial charge in [-0.1, -0.05) is 0 Å². The molecular weight excluding hydrogens is 397 g/mol. The SMILES string of the molecule is C[C@H]1CN(c2cc(C#N)c3c(Nc4cc(F)c5nn(C)cc5c4)[nH]nc3n2)C[C@H](C)N1. The fourth-order valence-corrected chi connectivity index (χ4v) is 4.29. The van der Waals surface area contributed by atoms with E-state index in [-0.39, 0.29) is 0 Å². The minimum absolute atomic E-state index is 0.311. The molecular formula is C21H22FN9. The highest BCUT2D eigenvalue weighted by atomic mass is 19.1. The lowest BCUT2D eigenvalue weighted by Crippen LogP contribution is -2.54. The van der Waals surface area contributed by atoms with Crippen LogP contribution in [0, 0.1) is 17.1 Å². The van der Waals surface area contributed by atoms with E-state index in [9.17, 15) is 9.65 Å². The summed E-state index contributed by atoms with van der Waals surface area (Å²) in [5.41, 5.74) is 1.74. The highest BCUT2D eigenvalue weighted by Gasteiger charge is 2.24. The van der Waals surface area contributed by atoms with Crippen molar-refractivity contribution in [3.8, 4) is 6.07 Å². The van der Waals surface area contributed by atoms with Gasteiger partial charge in [0.15, 0.2) is 11.5 Å². The van der Waals surface area contributed by atoms with Crippen molar-refractivity contribution in [1.82, 2.24) is 30.3 Å². The number of aryl methyl sites for hydroxylation is 1. The van der Waals surface area contributed by atoms with Crippen LogP contribution in [0.1, 0.15) is 19.4 Å². The zero-order valence-electron chi connectivity index (χ0n) is 17.4. The fourth-order valence-electron chi connectivity index (χ4n) is 4.29. The molecule has 1 aliphatic heterocycles. The van der Waals surface area contributed by atoms with Gasteiger partial charge >= 0.3 is 0 Å². The number of aromatic nitrogens is 5. The molecule has 0 radical (unpaired) electrons. The van der Waals surface area contributed by atoms with Crippen molar-refractivity contribution >= 4 is 39.3 Å². The van der Waals surface area contributed by atoms with E-state index >= 15 is 0 Å². The van der Waals surface area contributed by atoms with Gasteiger partial charge in [-0.25, -0.2) is 9.37 Å². The van der Waals surface area contributed by atoms with E-state index in [0.29, 0.717) is 51.1 Å². The predicted octanol–water partition coefficient (Wildman–Crippen LogP) is 2.79. The second kappa shape index (κ2) is 7.21. The number of piperazine rings is 1. The molecule has 9 nitrogen and oxygen atoms in total. The number of nitrogens with zero attached hydrogens (tertiary/aromatic N) is 6. The van der Waals surface area contributed by atoms with E-state index in [0.717, 1.165) is 18.9 Å². The highest BCUT2D eigenvalue weighted by Crippen LogP contribution is 2.31. The maximum atomic E-state index is 14.5. The summed E-state index contributed by atoms with van der Waals surface area (Å²) >= 11 is 0. The molecule has 3 N–H and O–H groups in total. The fraction of sp³-hybridized carbons (Fsp3) is 0.333. The quantitative estimate of drug-likeness (QED) is 0.468. The molecule has 1 fully saturated rings. The maximum absolute atomic E-state index is 14.5. The van der Waals surface area contributed by atoms with E-state index in [2.05, 4.69) is 55.7 Å². The number of aromatic amines is 1. The minimum atomic E-state index is -0.424. The van der Waals surface area contributed by atoms with E-state index in [1.54, 1.807) is 30.1 Å². The van der Waals surface area contributed by atoms with Gasteiger partial charge in [0.05, 0.1) is 10.9 Å². The third-order valence-electron chi connectivity index (χ3n) is 5.46. The van der Waals surface area contributed by atoms with Crippen molar-refractivity contribution in [1.29, 1.82) is 5.26 Å². The number of fused-ring (bicyclic) bond motifs is 2. The molecule has 2 atom stereocenters. The lowest BCUT2D eigenvalue weighted by atomic mass is 10.1. The molecule has 1 aliphatic rings. The summed E-state index contributed by atoms with van der Waals surface area (Å²) in [7, 11) is 1.75. The Labute approximate surface area is 177 Å². The van der Waals surface area contributed by atoms with Crippen LogP contribution in [-0.2, 0) is 7.05 Å². The van der Waals surface area contributed by atoms with Gasteiger partial charge in [-0.15, -0.1) is 0 Å². The van der Waals surface area contributed by atoms with Crippen LogP contribution in [0.3, 0.4) is 0 Å². The number of benzene rings is 1. The standard InChI is InChI=1S/C21H22FN9/c1-11-8-31(9-12(2)24-11)17-5-13(7-23)18-20(27-28-21(18)26-17)25-15-4-14-10-30(3)29-19(14)16(22)6-15/h4-6,10-12,24H,8-9H2,1-3H3,(H2,25,26,27,28)/t11-,12-/m0/s1. The molecule has 0 bridgehead atoms. The molecule has 5 rings (SSSR count). The number of halogens is 1. The van der Waals surface area contributed by atoms with E-state index < -0.39 is 5.82 Å². The molecule has 1 aromatic carbocycles. The normalized spacial score (nSPS) is 19.1. The largest absolute Gasteiger partial charge is 0.353 e. The lowest BCUT2D eigenvalue weighted by Gasteiger charge is -2.36. The average molecular weight is 419 g/mol. The van der Waals surface area contributed by atoms with Crippen LogP contribution < -0.4 is 15.5 Å². The molecule has 31 heavy (non-hydrogen) atoms. The van der Waals surface area contributed by atoms with Gasteiger partial charge in [-0.2, -0.15) is 15.5 Å². The Bertz CT molecular complexity index is 1320. The molecule has 10 heteroatoms. The third kappa shape index (κ3) is 3.43. The topological polar surface area (TPSA) is 110 Å². The smallest absolute Gasteiger partial charge is 0.186 e. The van der Waals surface area contributed by atoms with Crippen molar-refractivity contribution in [2.75, 3.05) is 23.3 Å². The Morgan fingerprint density at radius 3 is 2.74 bits per heavy atom. The number of H-pyrrole nitrogens is 1. The molecule has 4 heterocycles. The zero-order chi connectivity index (χ0) is 21.7. The molecule has 0 unspecified atom stereocenters. The van der Waals surface area contributed by atoms with Crippen LogP contribution in [0.25, 0.3) is 21.9 Å². The van der Waals surface area contributed by atoms with Crippen molar-refractivity contribution in [2.24, 2.45) is 7.05 Å². The Balaban J connectivity index is 1.53. The van der Waals surface area contributed by atoms with E-state index in [1.807, 2.05) is 0 Å². The summed E-state index contributed by atoms with van der Waals surface area (Å²) < 4.78 is 16.0. The monoisotopic (exact) mass is 419 g/mol. The maximum Gasteiger partial charge on any atom is 0.186 e. The highest BCUT2D eigenvalue weighted by molar-refractivity contribution is 5.95. The minimum Gasteiger partial charge on any atom is -0.353 e. The molecule has 3 aromatic heterocycles. The second-order valence-corrected chi connectivity index (χ2v) is 8.13. The predicted molar refractivity (Wildman–Crippen MR) is 117 cm³/mol. The van der Waals surface area contributed by atoms with E-state index in [1.165, 1.54) is 6.07 Å². The van der Waals surface area contributed by atoms with Crippen molar-refractivity contribution < 1.29 is 4.39 Å². The Morgan fingerprint density at radius 2 is 2.00 bits per heavy atom. The summed E-state index contributed by atoms with van der Waals surface area (Å²) in [6.45, 7) is 5.85. The van der Waals surface area contributed by atoms with Crippen molar-refractivity contribution in [2.45, 2.75) is 25.9 Å². The molecule has 0 amide bonds. The first kappa shape index (κ1) is 19.3. The van der Waals surface area contributed by atoms with Gasteiger partial charge in [0.2, 0.25) is 0 Å². The first-order chi connectivity index (χ1) is 14.9. The first-order valence-corrected chi connectivity index (χ1v) is 10.1. The van der Waals surface area contributed by atoms with Crippen LogP contribution in [-0.4, -0.2) is 50.1 Å². The van der Waals surface area contributed by atoms with Gasteiger partial charge in [-0.3, -0.25) is 9.78 Å². The van der Waals surface area contributed by atoms with E-state index in [4.69, 9.17) is 0 Å². The van der Waals surface area contributed by atoms with Gasteiger partial charge in [0, 0.05) is 49.5 Å². The van der Waals surface area contributed by atoms with Crippen LogP contribution in [0.5, 0.6) is 0 Å². The average Bonchev–Trinajstić information content (AvgIpc) is 3.30. The molecule has 4 aromatic rings.